The zero-order valence-electron chi connectivity index (χ0n) is 8.50. The molecule has 1 aromatic carbocycles. The monoisotopic (exact) mass is 250 g/mol. The largest absolute Gasteiger partial charge is 0.261 e. The van der Waals surface area contributed by atoms with Crippen LogP contribution in [0.1, 0.15) is 19.4 Å². The summed E-state index contributed by atoms with van der Waals surface area (Å²) in [6, 6.07) is 6.04. The van der Waals surface area contributed by atoms with Crippen molar-refractivity contribution in [1.82, 2.24) is 0 Å². The van der Waals surface area contributed by atoms with E-state index in [1.54, 1.807) is 26.0 Å². The molecule has 0 aliphatic rings. The highest BCUT2D eigenvalue weighted by Gasteiger charge is 2.22. The Hall–Kier alpha value is -0.610. The van der Waals surface area contributed by atoms with E-state index in [1.165, 1.54) is 12.1 Å². The molecule has 0 heterocycles. The van der Waals surface area contributed by atoms with Crippen LogP contribution in [0.15, 0.2) is 29.2 Å². The van der Waals surface area contributed by atoms with Crippen LogP contribution in [0.4, 0.5) is 4.39 Å². The van der Waals surface area contributed by atoms with Crippen LogP contribution in [0, 0.1) is 0 Å². The Morgan fingerprint density at radius 3 is 2.47 bits per heavy atom. The molecule has 0 saturated carbocycles. The summed E-state index contributed by atoms with van der Waals surface area (Å²) in [6.07, 6.45) is 0. The molecule has 0 radical (unpaired) electrons. The third-order valence-electron chi connectivity index (χ3n) is 2.23. The molecule has 0 aliphatic carbocycles. The molecule has 5 heteroatoms. The second-order valence-corrected chi connectivity index (χ2v) is 6.55. The summed E-state index contributed by atoms with van der Waals surface area (Å²) in [5.41, 5.74) is -0.0795. The maximum atomic E-state index is 12.7. The molecule has 1 aromatic rings. The summed E-state index contributed by atoms with van der Waals surface area (Å²) in [6.45, 7) is 2.85. The van der Waals surface area contributed by atoms with Crippen molar-refractivity contribution in [2.45, 2.75) is 24.2 Å². The second-order valence-electron chi connectivity index (χ2n) is 3.98. The molecule has 0 aromatic heterocycles. The molecular formula is C10H12ClFO2S. The number of hydrogen-bond donors (Lipinski definition) is 0. The predicted octanol–water partition coefficient (Wildman–Crippen LogP) is 2.86. The fourth-order valence-electron chi connectivity index (χ4n) is 1.15. The van der Waals surface area contributed by atoms with E-state index in [4.69, 9.17) is 10.7 Å². The molecule has 0 unspecified atom stereocenters. The highest BCUT2D eigenvalue weighted by Crippen LogP contribution is 2.26. The third kappa shape index (κ3) is 2.92. The minimum Gasteiger partial charge on any atom is -0.250 e. The molecule has 0 fully saturated rings. The van der Waals surface area contributed by atoms with E-state index in [2.05, 4.69) is 0 Å². The molecule has 1 rings (SSSR count). The van der Waals surface area contributed by atoms with E-state index in [0.717, 1.165) is 0 Å². The van der Waals surface area contributed by atoms with Crippen LogP contribution in [0.25, 0.3) is 0 Å². The number of alkyl halides is 1. The van der Waals surface area contributed by atoms with Gasteiger partial charge in [0.1, 0.15) is 0 Å². The lowest BCUT2D eigenvalue weighted by Gasteiger charge is -2.21. The van der Waals surface area contributed by atoms with E-state index in [0.29, 0.717) is 5.56 Å². The van der Waals surface area contributed by atoms with Gasteiger partial charge in [-0.1, -0.05) is 26.0 Å². The summed E-state index contributed by atoms with van der Waals surface area (Å²) >= 11 is 0. The lowest BCUT2D eigenvalue weighted by molar-refractivity contribution is 0.350. The molecule has 2 nitrogen and oxygen atoms in total. The van der Waals surface area contributed by atoms with Gasteiger partial charge < -0.3 is 0 Å². The lowest BCUT2D eigenvalue weighted by atomic mass is 9.86. The van der Waals surface area contributed by atoms with Crippen LogP contribution in [0.5, 0.6) is 0 Å². The fourth-order valence-corrected chi connectivity index (χ4v) is 1.94. The number of halogens is 2. The van der Waals surface area contributed by atoms with Gasteiger partial charge in [-0.2, -0.15) is 0 Å². The molecule has 84 valence electrons. The van der Waals surface area contributed by atoms with Gasteiger partial charge in [-0.3, -0.25) is 4.39 Å². The Morgan fingerprint density at radius 1 is 1.40 bits per heavy atom. The summed E-state index contributed by atoms with van der Waals surface area (Å²) in [4.78, 5) is 0.00296. The normalized spacial score (nSPS) is 12.8. The predicted molar refractivity (Wildman–Crippen MR) is 58.5 cm³/mol. The van der Waals surface area contributed by atoms with Crippen LogP contribution < -0.4 is 0 Å². The standard InChI is InChI=1S/C10H12ClFO2S/c1-10(2,7-12)8-4-3-5-9(6-8)15(11,13)14/h3-6H,7H2,1-2H3. The van der Waals surface area contributed by atoms with Gasteiger partial charge in [0.25, 0.3) is 9.05 Å². The Balaban J connectivity index is 3.26. The molecule has 0 amide bonds. The van der Waals surface area contributed by atoms with Gasteiger partial charge in [-0.05, 0) is 17.7 Å². The molecule has 0 atom stereocenters. The van der Waals surface area contributed by atoms with Crippen molar-refractivity contribution in [3.05, 3.63) is 29.8 Å². The first-order valence-corrected chi connectivity index (χ1v) is 6.69. The van der Waals surface area contributed by atoms with Gasteiger partial charge in [0, 0.05) is 16.1 Å². The molecular weight excluding hydrogens is 239 g/mol. The maximum absolute atomic E-state index is 12.7. The van der Waals surface area contributed by atoms with Crippen LogP contribution in [0.2, 0.25) is 0 Å². The molecule has 0 spiro atoms. The Bertz CT molecular complexity index is 454. The summed E-state index contributed by atoms with van der Waals surface area (Å²) in [5.74, 6) is 0. The molecule has 0 N–H and O–H groups in total. The van der Waals surface area contributed by atoms with Gasteiger partial charge in [-0.25, -0.2) is 8.42 Å². The Kier molecular flexibility index (Phi) is 3.41. The maximum Gasteiger partial charge on any atom is 0.261 e. The van der Waals surface area contributed by atoms with Gasteiger partial charge in [-0.15, -0.1) is 0 Å². The molecule has 0 aliphatic heterocycles. The van der Waals surface area contributed by atoms with E-state index in [9.17, 15) is 12.8 Å². The van der Waals surface area contributed by atoms with Crippen molar-refractivity contribution in [3.63, 3.8) is 0 Å². The minimum atomic E-state index is -3.74. The molecule has 0 saturated heterocycles. The zero-order chi connectivity index (χ0) is 11.7. The first kappa shape index (κ1) is 12.5. The van der Waals surface area contributed by atoms with Crippen molar-refractivity contribution in [1.29, 1.82) is 0 Å². The second kappa shape index (κ2) is 4.10. The van der Waals surface area contributed by atoms with Crippen molar-refractivity contribution < 1.29 is 12.8 Å². The Labute approximate surface area is 93.5 Å². The van der Waals surface area contributed by atoms with Crippen LogP contribution >= 0.6 is 10.7 Å². The smallest absolute Gasteiger partial charge is 0.250 e. The van der Waals surface area contributed by atoms with E-state index in [1.807, 2.05) is 0 Å². The van der Waals surface area contributed by atoms with Crippen molar-refractivity contribution in [3.8, 4) is 0 Å². The number of benzene rings is 1. The first-order chi connectivity index (χ1) is 6.77. The van der Waals surface area contributed by atoms with Crippen LogP contribution in [0.3, 0.4) is 0 Å². The SMILES string of the molecule is CC(C)(CF)c1cccc(S(=O)(=O)Cl)c1. The van der Waals surface area contributed by atoms with Gasteiger partial charge in [0.15, 0.2) is 0 Å². The minimum absolute atomic E-state index is 0.00296. The van der Waals surface area contributed by atoms with Crippen LogP contribution in [-0.2, 0) is 14.5 Å². The number of hydrogen-bond acceptors (Lipinski definition) is 2. The van der Waals surface area contributed by atoms with E-state index >= 15 is 0 Å². The van der Waals surface area contributed by atoms with E-state index in [-0.39, 0.29) is 4.90 Å². The Morgan fingerprint density at radius 2 is 2.00 bits per heavy atom. The zero-order valence-corrected chi connectivity index (χ0v) is 10.1. The highest BCUT2D eigenvalue weighted by atomic mass is 35.7. The summed E-state index contributed by atoms with van der Waals surface area (Å²) < 4.78 is 34.8. The quantitative estimate of drug-likeness (QED) is 0.773. The van der Waals surface area contributed by atoms with Crippen molar-refractivity contribution >= 4 is 19.7 Å². The topological polar surface area (TPSA) is 34.1 Å². The molecule has 0 bridgehead atoms. The van der Waals surface area contributed by atoms with Gasteiger partial charge in [0.2, 0.25) is 0 Å². The molecule has 15 heavy (non-hydrogen) atoms. The summed E-state index contributed by atoms with van der Waals surface area (Å²) in [5, 5.41) is 0. The van der Waals surface area contributed by atoms with E-state index < -0.39 is 21.1 Å². The first-order valence-electron chi connectivity index (χ1n) is 4.38. The van der Waals surface area contributed by atoms with Crippen LogP contribution in [-0.4, -0.2) is 15.1 Å². The highest BCUT2D eigenvalue weighted by molar-refractivity contribution is 8.13. The van der Waals surface area contributed by atoms with Gasteiger partial charge in [0.05, 0.1) is 11.6 Å². The average molecular weight is 251 g/mol. The fraction of sp³-hybridized carbons (Fsp3) is 0.400. The van der Waals surface area contributed by atoms with Crippen molar-refractivity contribution in [2.75, 3.05) is 6.67 Å². The lowest BCUT2D eigenvalue weighted by Crippen LogP contribution is -2.19. The van der Waals surface area contributed by atoms with Gasteiger partial charge >= 0.3 is 0 Å². The number of rotatable bonds is 3. The third-order valence-corrected chi connectivity index (χ3v) is 3.58. The average Bonchev–Trinajstić information content (AvgIpc) is 2.17. The van der Waals surface area contributed by atoms with Crippen molar-refractivity contribution in [2.24, 2.45) is 0 Å². The summed E-state index contributed by atoms with van der Waals surface area (Å²) in [7, 11) is 1.46.